The van der Waals surface area contributed by atoms with Crippen molar-refractivity contribution in [2.45, 2.75) is 52.5 Å². The monoisotopic (exact) mass is 249 g/mol. The highest BCUT2D eigenvalue weighted by Gasteiger charge is 2.34. The topological polar surface area (TPSA) is 12.0 Å². The molecule has 1 nitrogen and oxygen atoms in total. The van der Waals surface area contributed by atoms with Crippen LogP contribution in [0.15, 0.2) is 18.2 Å². The molecular weight excluding hydrogens is 225 g/mol. The highest BCUT2D eigenvalue weighted by Crippen LogP contribution is 2.43. The highest BCUT2D eigenvalue weighted by molar-refractivity contribution is 5.25. The lowest BCUT2D eigenvalue weighted by Crippen LogP contribution is -2.40. The van der Waals surface area contributed by atoms with Gasteiger partial charge in [-0.25, -0.2) is 4.39 Å². The molecule has 2 heteroatoms. The largest absolute Gasteiger partial charge is 0.310 e. The van der Waals surface area contributed by atoms with Crippen LogP contribution in [-0.2, 0) is 0 Å². The maximum Gasteiger partial charge on any atom is 0.126 e. The summed E-state index contributed by atoms with van der Waals surface area (Å²) in [6.07, 6.45) is 5.29. The molecule has 1 N–H and O–H groups in total. The van der Waals surface area contributed by atoms with Crippen LogP contribution < -0.4 is 5.32 Å². The molecule has 2 rings (SSSR count). The predicted octanol–water partition coefficient (Wildman–Crippen LogP) is 4.37. The van der Waals surface area contributed by atoms with Crippen molar-refractivity contribution in [1.82, 2.24) is 5.32 Å². The predicted molar refractivity (Wildman–Crippen MR) is 74.1 cm³/mol. The van der Waals surface area contributed by atoms with Crippen molar-refractivity contribution in [2.24, 2.45) is 5.41 Å². The normalized spacial score (nSPS) is 19.3. The van der Waals surface area contributed by atoms with E-state index in [0.29, 0.717) is 5.41 Å². The number of aryl methyl sites for hydroxylation is 1. The van der Waals surface area contributed by atoms with Crippen molar-refractivity contribution in [3.63, 3.8) is 0 Å². The zero-order chi connectivity index (χ0) is 13.2. The number of rotatable bonds is 5. The molecule has 1 fully saturated rings. The van der Waals surface area contributed by atoms with Crippen molar-refractivity contribution in [2.75, 3.05) is 6.54 Å². The van der Waals surface area contributed by atoms with E-state index >= 15 is 0 Å². The van der Waals surface area contributed by atoms with E-state index in [9.17, 15) is 4.39 Å². The van der Waals surface area contributed by atoms with Gasteiger partial charge in [-0.1, -0.05) is 25.5 Å². The van der Waals surface area contributed by atoms with Gasteiger partial charge in [0.2, 0.25) is 0 Å². The minimum Gasteiger partial charge on any atom is -0.310 e. The van der Waals surface area contributed by atoms with Gasteiger partial charge in [-0.2, -0.15) is 0 Å². The summed E-state index contributed by atoms with van der Waals surface area (Å²) in [7, 11) is 0. The van der Waals surface area contributed by atoms with Crippen molar-refractivity contribution in [3.8, 4) is 0 Å². The van der Waals surface area contributed by atoms with Crippen molar-refractivity contribution < 1.29 is 4.39 Å². The van der Waals surface area contributed by atoms with Gasteiger partial charge in [0.15, 0.2) is 0 Å². The Bertz CT molecular complexity index is 404. The van der Waals surface area contributed by atoms with Crippen LogP contribution in [-0.4, -0.2) is 6.54 Å². The van der Waals surface area contributed by atoms with Crippen LogP contribution in [0, 0.1) is 18.2 Å². The Balaban J connectivity index is 1.94. The van der Waals surface area contributed by atoms with Gasteiger partial charge in [0.05, 0.1) is 0 Å². The van der Waals surface area contributed by atoms with E-state index in [1.165, 1.54) is 25.7 Å². The molecule has 0 spiro atoms. The summed E-state index contributed by atoms with van der Waals surface area (Å²) in [5, 5.41) is 3.57. The summed E-state index contributed by atoms with van der Waals surface area (Å²) in [5.41, 5.74) is 2.27. The highest BCUT2D eigenvalue weighted by atomic mass is 19.1. The number of hydrogen-bond donors (Lipinski definition) is 1. The van der Waals surface area contributed by atoms with Crippen LogP contribution in [0.3, 0.4) is 0 Å². The van der Waals surface area contributed by atoms with Crippen LogP contribution in [0.1, 0.15) is 56.7 Å². The molecule has 1 atom stereocenters. The quantitative estimate of drug-likeness (QED) is 0.817. The fourth-order valence-electron chi connectivity index (χ4n) is 2.70. The fourth-order valence-corrected chi connectivity index (χ4v) is 2.70. The van der Waals surface area contributed by atoms with Gasteiger partial charge in [-0.05, 0) is 55.7 Å². The molecular formula is C16H24FN. The van der Waals surface area contributed by atoms with Crippen molar-refractivity contribution in [3.05, 3.63) is 35.1 Å². The lowest BCUT2D eigenvalue weighted by Gasteiger charge is -2.42. The molecule has 1 aliphatic rings. The molecule has 18 heavy (non-hydrogen) atoms. The molecule has 1 unspecified atom stereocenters. The number of nitrogens with one attached hydrogen (secondary N) is 1. The Morgan fingerprint density at radius 1 is 1.39 bits per heavy atom. The second-order valence-corrected chi connectivity index (χ2v) is 5.82. The Hall–Kier alpha value is -0.890. The van der Waals surface area contributed by atoms with Gasteiger partial charge in [-0.15, -0.1) is 0 Å². The summed E-state index contributed by atoms with van der Waals surface area (Å²) >= 11 is 0. The molecule has 0 heterocycles. The molecule has 0 radical (unpaired) electrons. The van der Waals surface area contributed by atoms with Gasteiger partial charge in [0.25, 0.3) is 0 Å². The van der Waals surface area contributed by atoms with Gasteiger partial charge in [0, 0.05) is 12.6 Å². The molecule has 1 aromatic rings. The summed E-state index contributed by atoms with van der Waals surface area (Å²) < 4.78 is 13.5. The molecule has 0 bridgehead atoms. The van der Waals surface area contributed by atoms with E-state index in [-0.39, 0.29) is 11.9 Å². The zero-order valence-corrected chi connectivity index (χ0v) is 11.7. The number of benzene rings is 1. The standard InChI is InChI=1S/C16H24FN/c1-4-16(8-5-9-16)11-18-13(3)14-7-6-12(2)15(17)10-14/h6-7,10,13,18H,4-5,8-9,11H2,1-3H3. The molecule has 0 aliphatic heterocycles. The first-order valence-corrected chi connectivity index (χ1v) is 7.06. The first-order valence-electron chi connectivity index (χ1n) is 7.06. The van der Waals surface area contributed by atoms with Crippen LogP contribution >= 0.6 is 0 Å². The SMILES string of the molecule is CCC1(CNC(C)c2ccc(C)c(F)c2)CCC1. The third-order valence-electron chi connectivity index (χ3n) is 4.64. The summed E-state index contributed by atoms with van der Waals surface area (Å²) in [4.78, 5) is 0. The van der Waals surface area contributed by atoms with E-state index in [0.717, 1.165) is 17.7 Å². The smallest absolute Gasteiger partial charge is 0.126 e. The average molecular weight is 249 g/mol. The summed E-state index contributed by atoms with van der Waals surface area (Å²) in [6, 6.07) is 5.77. The minimum atomic E-state index is -0.102. The molecule has 1 aromatic carbocycles. The first kappa shape index (κ1) is 13.5. The van der Waals surface area contributed by atoms with Crippen LogP contribution in [0.4, 0.5) is 4.39 Å². The Morgan fingerprint density at radius 3 is 2.61 bits per heavy atom. The van der Waals surface area contributed by atoms with Crippen molar-refractivity contribution in [1.29, 1.82) is 0 Å². The Kier molecular flexibility index (Phi) is 4.06. The molecule has 0 aromatic heterocycles. The van der Waals surface area contributed by atoms with Crippen LogP contribution in [0.25, 0.3) is 0 Å². The second kappa shape index (κ2) is 5.40. The summed E-state index contributed by atoms with van der Waals surface area (Å²) in [5.74, 6) is -0.102. The molecule has 1 aliphatic carbocycles. The second-order valence-electron chi connectivity index (χ2n) is 5.82. The Morgan fingerprint density at radius 2 is 2.11 bits per heavy atom. The van der Waals surface area contributed by atoms with Gasteiger partial charge in [-0.3, -0.25) is 0 Å². The number of halogens is 1. The molecule has 0 saturated heterocycles. The van der Waals surface area contributed by atoms with E-state index in [1.807, 2.05) is 12.1 Å². The maximum atomic E-state index is 13.5. The molecule has 0 amide bonds. The summed E-state index contributed by atoms with van der Waals surface area (Å²) in [6.45, 7) is 7.25. The first-order chi connectivity index (χ1) is 8.56. The third kappa shape index (κ3) is 2.74. The molecule has 100 valence electrons. The molecule has 1 saturated carbocycles. The lowest BCUT2D eigenvalue weighted by atomic mass is 9.67. The van der Waals surface area contributed by atoms with Gasteiger partial charge in [0.1, 0.15) is 5.82 Å². The van der Waals surface area contributed by atoms with E-state index < -0.39 is 0 Å². The van der Waals surface area contributed by atoms with E-state index in [4.69, 9.17) is 0 Å². The zero-order valence-electron chi connectivity index (χ0n) is 11.7. The van der Waals surface area contributed by atoms with E-state index in [1.54, 1.807) is 13.0 Å². The maximum absolute atomic E-state index is 13.5. The lowest BCUT2D eigenvalue weighted by molar-refractivity contribution is 0.120. The minimum absolute atomic E-state index is 0.102. The van der Waals surface area contributed by atoms with Gasteiger partial charge < -0.3 is 5.32 Å². The fraction of sp³-hybridized carbons (Fsp3) is 0.625. The van der Waals surface area contributed by atoms with Gasteiger partial charge >= 0.3 is 0 Å². The Labute approximate surface area is 110 Å². The number of hydrogen-bond acceptors (Lipinski definition) is 1. The van der Waals surface area contributed by atoms with E-state index in [2.05, 4.69) is 19.2 Å². The third-order valence-corrected chi connectivity index (χ3v) is 4.64. The van der Waals surface area contributed by atoms with Crippen LogP contribution in [0.2, 0.25) is 0 Å². The average Bonchev–Trinajstić information content (AvgIpc) is 2.31. The van der Waals surface area contributed by atoms with Crippen molar-refractivity contribution >= 4 is 0 Å². The van der Waals surface area contributed by atoms with Crippen LogP contribution in [0.5, 0.6) is 0 Å².